The summed E-state index contributed by atoms with van der Waals surface area (Å²) in [6.07, 6.45) is 43.7. The number of ether oxygens (including phenoxy) is 1. The molecule has 0 saturated carbocycles. The Morgan fingerprint density at radius 3 is 1.27 bits per heavy atom. The lowest BCUT2D eigenvalue weighted by molar-refractivity contribution is -0.150. The van der Waals surface area contributed by atoms with E-state index in [-0.39, 0.29) is 18.5 Å². The maximum Gasteiger partial charge on any atom is 0.306 e. The third-order valence-corrected chi connectivity index (χ3v) is 8.99. The highest BCUT2D eigenvalue weighted by atomic mass is 16.5. The first-order chi connectivity index (χ1) is 21.6. The van der Waals surface area contributed by atoms with E-state index < -0.39 is 5.97 Å². The monoisotopic (exact) mass is 621 g/mol. The molecule has 1 unspecified atom stereocenters. The number of hydrogen-bond acceptors (Lipinski definition) is 3. The zero-order valence-corrected chi connectivity index (χ0v) is 29.7. The van der Waals surface area contributed by atoms with E-state index in [1.54, 1.807) is 0 Å². The molecule has 4 nitrogen and oxygen atoms in total. The Bertz CT molecular complexity index is 629. The van der Waals surface area contributed by atoms with Crippen molar-refractivity contribution in [3.63, 3.8) is 0 Å². The van der Waals surface area contributed by atoms with Crippen LogP contribution in [0.4, 0.5) is 0 Å². The van der Waals surface area contributed by atoms with E-state index in [1.807, 2.05) is 0 Å². The summed E-state index contributed by atoms with van der Waals surface area (Å²) < 4.78 is 5.81. The molecule has 1 atom stereocenters. The number of carbonyl (C=O) groups excluding carboxylic acids is 1. The second-order valence-corrected chi connectivity index (χ2v) is 13.5. The molecule has 0 amide bonds. The van der Waals surface area contributed by atoms with Crippen LogP contribution in [0.25, 0.3) is 0 Å². The van der Waals surface area contributed by atoms with Crippen molar-refractivity contribution in [2.45, 2.75) is 232 Å². The van der Waals surface area contributed by atoms with E-state index in [1.165, 1.54) is 154 Å². The molecule has 0 aliphatic rings. The minimum atomic E-state index is -0.772. The van der Waals surface area contributed by atoms with Gasteiger partial charge >= 0.3 is 11.9 Å². The first-order valence-electron chi connectivity index (χ1n) is 19.7. The molecule has 260 valence electrons. The van der Waals surface area contributed by atoms with Crippen LogP contribution in [-0.4, -0.2) is 23.1 Å². The van der Waals surface area contributed by atoms with E-state index in [0.29, 0.717) is 19.3 Å². The molecular formula is C40H76O4. The number of hydrogen-bond donors (Lipinski definition) is 1. The number of esters is 1. The fraction of sp³-hybridized carbons (Fsp3) is 0.900. The van der Waals surface area contributed by atoms with Crippen LogP contribution in [0.5, 0.6) is 0 Å². The number of carbonyl (C=O) groups is 2. The van der Waals surface area contributed by atoms with Gasteiger partial charge in [0.2, 0.25) is 0 Å². The molecule has 0 radical (unpaired) electrons. The van der Waals surface area contributed by atoms with E-state index in [9.17, 15) is 9.59 Å². The molecule has 0 heterocycles. The largest absolute Gasteiger partial charge is 0.481 e. The molecule has 0 aliphatic heterocycles. The summed E-state index contributed by atoms with van der Waals surface area (Å²) in [5, 5.41) is 9.01. The molecule has 0 aromatic carbocycles. The van der Waals surface area contributed by atoms with Crippen LogP contribution in [0, 0.1) is 0 Å². The summed E-state index contributed by atoms with van der Waals surface area (Å²) in [6, 6.07) is 0. The van der Waals surface area contributed by atoms with E-state index in [4.69, 9.17) is 9.84 Å². The van der Waals surface area contributed by atoms with Crippen LogP contribution >= 0.6 is 0 Å². The molecule has 0 aromatic rings. The minimum absolute atomic E-state index is 0.116. The average Bonchev–Trinajstić information content (AvgIpc) is 3.00. The molecule has 0 rings (SSSR count). The number of allylic oxidation sites excluding steroid dienone is 2. The summed E-state index contributed by atoms with van der Waals surface area (Å²) in [5.41, 5.74) is 0. The van der Waals surface area contributed by atoms with Crippen LogP contribution in [0.2, 0.25) is 0 Å². The second-order valence-electron chi connectivity index (χ2n) is 13.5. The van der Waals surface area contributed by atoms with Crippen molar-refractivity contribution < 1.29 is 19.4 Å². The smallest absolute Gasteiger partial charge is 0.306 e. The van der Waals surface area contributed by atoms with Gasteiger partial charge in [0, 0.05) is 12.8 Å². The predicted molar refractivity (Wildman–Crippen MR) is 190 cm³/mol. The van der Waals surface area contributed by atoms with Crippen LogP contribution < -0.4 is 0 Å². The molecule has 0 aliphatic carbocycles. The molecular weight excluding hydrogens is 544 g/mol. The van der Waals surface area contributed by atoms with E-state index in [2.05, 4.69) is 26.0 Å². The van der Waals surface area contributed by atoms with Gasteiger partial charge in [0.15, 0.2) is 0 Å². The van der Waals surface area contributed by atoms with Gasteiger partial charge in [0.1, 0.15) is 6.10 Å². The Hall–Kier alpha value is -1.32. The van der Waals surface area contributed by atoms with Crippen LogP contribution in [0.3, 0.4) is 0 Å². The van der Waals surface area contributed by atoms with E-state index >= 15 is 0 Å². The van der Waals surface area contributed by atoms with Gasteiger partial charge in [-0.1, -0.05) is 174 Å². The van der Waals surface area contributed by atoms with Gasteiger partial charge in [-0.3, -0.25) is 9.59 Å². The molecule has 0 spiro atoms. The summed E-state index contributed by atoms with van der Waals surface area (Å²) in [6.45, 7) is 4.55. The summed E-state index contributed by atoms with van der Waals surface area (Å²) >= 11 is 0. The number of unbranched alkanes of at least 4 members (excludes halogenated alkanes) is 25. The van der Waals surface area contributed by atoms with Crippen LogP contribution in [-0.2, 0) is 14.3 Å². The van der Waals surface area contributed by atoms with Gasteiger partial charge in [-0.05, 0) is 51.4 Å². The normalized spacial score (nSPS) is 12.2. The molecule has 1 N–H and O–H groups in total. The highest BCUT2D eigenvalue weighted by molar-refractivity contribution is 5.69. The maximum atomic E-state index is 12.5. The van der Waals surface area contributed by atoms with Gasteiger partial charge in [-0.15, -0.1) is 0 Å². The van der Waals surface area contributed by atoms with Crippen molar-refractivity contribution in [1.82, 2.24) is 0 Å². The number of carboxylic acid groups (broad SMARTS) is 1. The molecule has 0 fully saturated rings. The summed E-state index contributed by atoms with van der Waals surface area (Å²) in [4.78, 5) is 23.4. The topological polar surface area (TPSA) is 63.6 Å². The van der Waals surface area contributed by atoms with Crippen LogP contribution in [0.1, 0.15) is 226 Å². The summed E-state index contributed by atoms with van der Waals surface area (Å²) in [7, 11) is 0. The van der Waals surface area contributed by atoms with Crippen LogP contribution in [0.15, 0.2) is 12.2 Å². The highest BCUT2D eigenvalue weighted by Gasteiger charge is 2.15. The second kappa shape index (κ2) is 36.2. The fourth-order valence-corrected chi connectivity index (χ4v) is 6.08. The Labute approximate surface area is 275 Å². The molecule has 4 heteroatoms. The zero-order chi connectivity index (χ0) is 32.2. The first kappa shape index (κ1) is 42.7. The van der Waals surface area contributed by atoms with E-state index in [0.717, 1.165) is 32.1 Å². The molecule has 0 bridgehead atoms. The third-order valence-electron chi connectivity index (χ3n) is 8.99. The van der Waals surface area contributed by atoms with Gasteiger partial charge in [-0.2, -0.15) is 0 Å². The fourth-order valence-electron chi connectivity index (χ4n) is 6.08. The Balaban J connectivity index is 3.81. The minimum Gasteiger partial charge on any atom is -0.481 e. The van der Waals surface area contributed by atoms with Gasteiger partial charge in [0.25, 0.3) is 0 Å². The Morgan fingerprint density at radius 1 is 0.477 bits per heavy atom. The molecule has 0 aromatic heterocycles. The molecule has 44 heavy (non-hydrogen) atoms. The highest BCUT2D eigenvalue weighted by Crippen LogP contribution is 2.18. The van der Waals surface area contributed by atoms with Gasteiger partial charge in [0.05, 0.1) is 0 Å². The van der Waals surface area contributed by atoms with Crippen molar-refractivity contribution in [2.24, 2.45) is 0 Å². The zero-order valence-electron chi connectivity index (χ0n) is 29.7. The first-order valence-corrected chi connectivity index (χ1v) is 19.7. The van der Waals surface area contributed by atoms with Crippen molar-refractivity contribution in [3.05, 3.63) is 12.2 Å². The van der Waals surface area contributed by atoms with Crippen molar-refractivity contribution in [2.75, 3.05) is 0 Å². The maximum absolute atomic E-state index is 12.5. The SMILES string of the molecule is CCCCCCCCCCCCCCC=CCCCC(=O)OC(CCCCCCCCCCCCCCC)CCCC(=O)O. The standard InChI is InChI=1S/C40H76O4/c1-3-5-7-9-11-13-15-17-18-19-20-22-24-26-28-30-32-37-40(43)44-38(35-33-36-39(41)42)34-31-29-27-25-23-21-16-14-12-10-8-6-4-2/h26,28,38H,3-25,27,29-37H2,1-2H3,(H,41,42). The van der Waals surface area contributed by atoms with Crippen molar-refractivity contribution >= 4 is 11.9 Å². The number of aliphatic carboxylic acids is 1. The summed E-state index contributed by atoms with van der Waals surface area (Å²) in [5.74, 6) is -0.888. The molecule has 0 saturated heterocycles. The van der Waals surface area contributed by atoms with Gasteiger partial charge in [-0.25, -0.2) is 0 Å². The Kier molecular flexibility index (Phi) is 35.1. The average molecular weight is 621 g/mol. The predicted octanol–water partition coefficient (Wildman–Crippen LogP) is 13.5. The Morgan fingerprint density at radius 2 is 0.841 bits per heavy atom. The number of rotatable bonds is 36. The third kappa shape index (κ3) is 35.2. The van der Waals surface area contributed by atoms with Crippen molar-refractivity contribution in [3.8, 4) is 0 Å². The lowest BCUT2D eigenvalue weighted by atomic mass is 10.0. The lowest BCUT2D eigenvalue weighted by Crippen LogP contribution is -2.18. The van der Waals surface area contributed by atoms with Gasteiger partial charge < -0.3 is 9.84 Å². The quantitative estimate of drug-likeness (QED) is 0.0430. The number of carboxylic acids is 1. The van der Waals surface area contributed by atoms with Crippen molar-refractivity contribution in [1.29, 1.82) is 0 Å². The lowest BCUT2D eigenvalue weighted by Gasteiger charge is -2.18.